The highest BCUT2D eigenvalue weighted by Gasteiger charge is 2.16. The number of nitrogen functional groups attached to an aromatic ring is 1. The Morgan fingerprint density at radius 3 is 2.43 bits per heavy atom. The molecule has 1 heterocycles. The maximum atomic E-state index is 11.7. The second kappa shape index (κ2) is 6.50. The fourth-order valence-corrected chi connectivity index (χ4v) is 3.12. The summed E-state index contributed by atoms with van der Waals surface area (Å²) in [4.78, 5) is 21.8. The van der Waals surface area contributed by atoms with Crippen LogP contribution < -0.4 is 11.5 Å². The van der Waals surface area contributed by atoms with E-state index in [4.69, 9.17) is 11.5 Å². The molecular formula is C17H14N4OS. The average molecular weight is 322 g/mol. The minimum absolute atomic E-state index is 0.101. The zero-order chi connectivity index (χ0) is 16.2. The van der Waals surface area contributed by atoms with E-state index in [2.05, 4.69) is 9.97 Å². The van der Waals surface area contributed by atoms with Gasteiger partial charge < -0.3 is 11.5 Å². The standard InChI is InChI=1S/C17H14N4OS/c18-16(22)13-10-20-17(19)21-15(13)12-8-4-5-9-14(12)23-11-6-2-1-3-7-11/h1-10H,(H2,18,22)(H2,19,20,21). The fourth-order valence-electron chi connectivity index (χ4n) is 2.15. The van der Waals surface area contributed by atoms with E-state index in [9.17, 15) is 4.79 Å². The lowest BCUT2D eigenvalue weighted by atomic mass is 10.1. The highest BCUT2D eigenvalue weighted by Crippen LogP contribution is 2.36. The average Bonchev–Trinajstić information content (AvgIpc) is 2.56. The van der Waals surface area contributed by atoms with Crippen molar-refractivity contribution in [2.75, 3.05) is 5.73 Å². The highest BCUT2D eigenvalue weighted by atomic mass is 32.2. The Kier molecular flexibility index (Phi) is 4.25. The highest BCUT2D eigenvalue weighted by molar-refractivity contribution is 7.99. The molecule has 0 radical (unpaired) electrons. The van der Waals surface area contributed by atoms with Crippen LogP contribution >= 0.6 is 11.8 Å². The van der Waals surface area contributed by atoms with Gasteiger partial charge in [0.2, 0.25) is 5.95 Å². The summed E-state index contributed by atoms with van der Waals surface area (Å²) in [6.45, 7) is 0. The first-order valence-corrected chi connectivity index (χ1v) is 7.71. The number of carbonyl (C=O) groups excluding carboxylic acids is 1. The first-order chi connectivity index (χ1) is 11.1. The molecule has 0 saturated carbocycles. The van der Waals surface area contributed by atoms with Crippen molar-refractivity contribution in [1.82, 2.24) is 9.97 Å². The third-order valence-electron chi connectivity index (χ3n) is 3.19. The summed E-state index contributed by atoms with van der Waals surface area (Å²) in [5.41, 5.74) is 12.6. The normalized spacial score (nSPS) is 10.4. The van der Waals surface area contributed by atoms with E-state index in [-0.39, 0.29) is 11.5 Å². The molecule has 0 atom stereocenters. The number of benzene rings is 2. The molecule has 0 fully saturated rings. The Labute approximate surface area is 137 Å². The quantitative estimate of drug-likeness (QED) is 0.770. The number of hydrogen-bond donors (Lipinski definition) is 2. The zero-order valence-electron chi connectivity index (χ0n) is 12.1. The maximum absolute atomic E-state index is 11.7. The number of primary amides is 1. The van der Waals surface area contributed by atoms with Gasteiger partial charge in [-0.2, -0.15) is 0 Å². The van der Waals surface area contributed by atoms with E-state index in [1.807, 2.05) is 54.6 Å². The van der Waals surface area contributed by atoms with Gasteiger partial charge in [-0.25, -0.2) is 9.97 Å². The molecule has 6 heteroatoms. The van der Waals surface area contributed by atoms with E-state index < -0.39 is 5.91 Å². The molecule has 0 bridgehead atoms. The maximum Gasteiger partial charge on any atom is 0.252 e. The molecule has 0 unspecified atom stereocenters. The second-order valence-electron chi connectivity index (χ2n) is 4.77. The van der Waals surface area contributed by atoms with E-state index >= 15 is 0 Å². The van der Waals surface area contributed by atoms with Crippen LogP contribution in [0.2, 0.25) is 0 Å². The molecule has 0 aliphatic heterocycles. The number of rotatable bonds is 4. The number of nitrogens with zero attached hydrogens (tertiary/aromatic N) is 2. The van der Waals surface area contributed by atoms with Crippen LogP contribution in [0.5, 0.6) is 0 Å². The van der Waals surface area contributed by atoms with Crippen LogP contribution in [0.15, 0.2) is 70.6 Å². The summed E-state index contributed by atoms with van der Waals surface area (Å²) < 4.78 is 0. The first kappa shape index (κ1) is 15.1. The monoisotopic (exact) mass is 322 g/mol. The van der Waals surface area contributed by atoms with E-state index in [1.54, 1.807) is 11.8 Å². The SMILES string of the molecule is NC(=O)c1cnc(N)nc1-c1ccccc1Sc1ccccc1. The largest absolute Gasteiger partial charge is 0.368 e. The molecule has 0 spiro atoms. The Balaban J connectivity index is 2.11. The summed E-state index contributed by atoms with van der Waals surface area (Å²) in [6.07, 6.45) is 1.37. The Morgan fingerprint density at radius 1 is 1.00 bits per heavy atom. The number of carbonyl (C=O) groups is 1. The third kappa shape index (κ3) is 3.32. The van der Waals surface area contributed by atoms with Crippen LogP contribution in [0.25, 0.3) is 11.3 Å². The smallest absolute Gasteiger partial charge is 0.252 e. The van der Waals surface area contributed by atoms with E-state index in [0.717, 1.165) is 15.4 Å². The predicted molar refractivity (Wildman–Crippen MR) is 91.0 cm³/mol. The van der Waals surface area contributed by atoms with Crippen LogP contribution in [0.3, 0.4) is 0 Å². The first-order valence-electron chi connectivity index (χ1n) is 6.90. The number of hydrogen-bond acceptors (Lipinski definition) is 5. The van der Waals surface area contributed by atoms with Crippen molar-refractivity contribution >= 4 is 23.6 Å². The van der Waals surface area contributed by atoms with Gasteiger partial charge in [-0.3, -0.25) is 4.79 Å². The Bertz CT molecular complexity index is 852. The van der Waals surface area contributed by atoms with Crippen molar-refractivity contribution in [3.63, 3.8) is 0 Å². The van der Waals surface area contributed by atoms with Crippen molar-refractivity contribution in [1.29, 1.82) is 0 Å². The molecule has 114 valence electrons. The van der Waals surface area contributed by atoms with Gasteiger partial charge in [0.15, 0.2) is 0 Å². The van der Waals surface area contributed by atoms with Gasteiger partial charge in [0.25, 0.3) is 5.91 Å². The molecule has 3 rings (SSSR count). The lowest BCUT2D eigenvalue weighted by Crippen LogP contribution is -2.15. The number of amides is 1. The van der Waals surface area contributed by atoms with Crippen molar-refractivity contribution in [3.05, 3.63) is 66.4 Å². The molecule has 2 aromatic carbocycles. The Hall–Kier alpha value is -2.86. The van der Waals surface area contributed by atoms with Gasteiger partial charge in [-0.1, -0.05) is 48.2 Å². The molecule has 0 aliphatic rings. The lowest BCUT2D eigenvalue weighted by Gasteiger charge is -2.11. The molecule has 0 aliphatic carbocycles. The summed E-state index contributed by atoms with van der Waals surface area (Å²) in [6, 6.07) is 17.6. The van der Waals surface area contributed by atoms with E-state index in [1.165, 1.54) is 6.20 Å². The van der Waals surface area contributed by atoms with Crippen LogP contribution in [0.1, 0.15) is 10.4 Å². The molecule has 0 saturated heterocycles. The van der Waals surface area contributed by atoms with E-state index in [0.29, 0.717) is 5.69 Å². The van der Waals surface area contributed by atoms with Crippen LogP contribution in [0.4, 0.5) is 5.95 Å². The Morgan fingerprint density at radius 2 is 1.70 bits per heavy atom. The summed E-state index contributed by atoms with van der Waals surface area (Å²) in [5.74, 6) is -0.482. The van der Waals surface area contributed by atoms with Crippen LogP contribution in [-0.2, 0) is 0 Å². The molecule has 4 N–H and O–H groups in total. The van der Waals surface area contributed by atoms with Gasteiger partial charge in [0.1, 0.15) is 0 Å². The zero-order valence-corrected chi connectivity index (χ0v) is 13.0. The molecule has 1 amide bonds. The fraction of sp³-hybridized carbons (Fsp3) is 0. The van der Waals surface area contributed by atoms with Crippen molar-refractivity contribution in [2.45, 2.75) is 9.79 Å². The third-order valence-corrected chi connectivity index (χ3v) is 4.27. The van der Waals surface area contributed by atoms with Crippen LogP contribution in [0, 0.1) is 0 Å². The summed E-state index contributed by atoms with van der Waals surface area (Å²) in [5, 5.41) is 0. The van der Waals surface area contributed by atoms with Gasteiger partial charge >= 0.3 is 0 Å². The van der Waals surface area contributed by atoms with Gasteiger partial charge in [-0.05, 0) is 18.2 Å². The van der Waals surface area contributed by atoms with Crippen molar-refractivity contribution < 1.29 is 4.79 Å². The van der Waals surface area contributed by atoms with Crippen molar-refractivity contribution in [2.24, 2.45) is 5.73 Å². The minimum Gasteiger partial charge on any atom is -0.368 e. The lowest BCUT2D eigenvalue weighted by molar-refractivity contribution is 0.100. The molecular weight excluding hydrogens is 308 g/mol. The second-order valence-corrected chi connectivity index (χ2v) is 5.88. The number of aromatic nitrogens is 2. The van der Waals surface area contributed by atoms with Crippen molar-refractivity contribution in [3.8, 4) is 11.3 Å². The summed E-state index contributed by atoms with van der Waals surface area (Å²) in [7, 11) is 0. The number of anilines is 1. The van der Waals surface area contributed by atoms with Crippen LogP contribution in [-0.4, -0.2) is 15.9 Å². The molecule has 1 aromatic heterocycles. The van der Waals surface area contributed by atoms with Gasteiger partial charge in [0.05, 0.1) is 11.3 Å². The van der Waals surface area contributed by atoms with Gasteiger partial charge in [0, 0.05) is 21.6 Å². The molecule has 3 aromatic rings. The minimum atomic E-state index is -0.584. The van der Waals surface area contributed by atoms with Gasteiger partial charge in [-0.15, -0.1) is 0 Å². The topological polar surface area (TPSA) is 94.9 Å². The predicted octanol–water partition coefficient (Wildman–Crippen LogP) is 2.98. The molecule has 5 nitrogen and oxygen atoms in total. The molecule has 23 heavy (non-hydrogen) atoms. The number of nitrogens with two attached hydrogens (primary N) is 2. The summed E-state index contributed by atoms with van der Waals surface area (Å²) >= 11 is 1.58.